The van der Waals surface area contributed by atoms with Crippen molar-refractivity contribution in [3.05, 3.63) is 18.2 Å². The van der Waals surface area contributed by atoms with Crippen LogP contribution in [0.4, 0.5) is 5.69 Å². The summed E-state index contributed by atoms with van der Waals surface area (Å²) in [7, 11) is -0.528. The van der Waals surface area contributed by atoms with Crippen LogP contribution in [0.5, 0.6) is 5.75 Å². The average Bonchev–Trinajstić information content (AvgIpc) is 3.02. The minimum atomic E-state index is -3.65. The number of carbonyl (C=O) groups excluding carboxylic acids is 2. The number of benzene rings is 1. The van der Waals surface area contributed by atoms with Gasteiger partial charge >= 0.3 is 0 Å². The van der Waals surface area contributed by atoms with E-state index in [1.54, 1.807) is 18.0 Å². The first kappa shape index (κ1) is 25.1. The Hall–Kier alpha value is -2.17. The number of rotatable bonds is 10. The molecule has 9 nitrogen and oxygen atoms in total. The molecule has 0 spiro atoms. The Balaban J connectivity index is 2.09. The molecule has 1 saturated heterocycles. The number of carbonyl (C=O) groups is 2. The zero-order valence-corrected chi connectivity index (χ0v) is 19.5. The van der Waals surface area contributed by atoms with E-state index in [1.807, 2.05) is 6.92 Å². The molecular formula is C21H34N4O5S. The summed E-state index contributed by atoms with van der Waals surface area (Å²) < 4.78 is 33.0. The molecule has 10 heteroatoms. The molecule has 0 radical (unpaired) electrons. The van der Waals surface area contributed by atoms with Gasteiger partial charge in [0.2, 0.25) is 21.8 Å². The standard InChI is InChI=1S/C21H34N4O5S/c1-4-11-22-20(26)15-24(2)16-21(27)23-18-14-17(9-10-19(18)30-3)31(28,29)25-12-7-5-6-8-13-25/h9-10,14H,4-8,11-13,15-16H2,1-3H3,(H,22,26)(H,23,27). The number of likely N-dealkylation sites (N-methyl/N-ethyl adjacent to an activating group) is 1. The zero-order valence-electron chi connectivity index (χ0n) is 18.6. The van der Waals surface area contributed by atoms with Crippen molar-refractivity contribution in [2.75, 3.05) is 52.2 Å². The molecule has 0 atom stereocenters. The monoisotopic (exact) mass is 454 g/mol. The summed E-state index contributed by atoms with van der Waals surface area (Å²) in [4.78, 5) is 26.0. The van der Waals surface area contributed by atoms with Gasteiger partial charge in [-0.1, -0.05) is 19.8 Å². The lowest BCUT2D eigenvalue weighted by Crippen LogP contribution is -2.39. The van der Waals surface area contributed by atoms with Gasteiger partial charge in [-0.3, -0.25) is 14.5 Å². The maximum Gasteiger partial charge on any atom is 0.243 e. The van der Waals surface area contributed by atoms with Crippen LogP contribution in [-0.2, 0) is 19.6 Å². The summed E-state index contributed by atoms with van der Waals surface area (Å²) in [5, 5.41) is 5.48. The molecule has 0 aliphatic carbocycles. The predicted molar refractivity (Wildman–Crippen MR) is 120 cm³/mol. The van der Waals surface area contributed by atoms with Crippen LogP contribution in [0, 0.1) is 0 Å². The van der Waals surface area contributed by atoms with E-state index in [-0.39, 0.29) is 35.5 Å². The molecule has 0 aromatic heterocycles. The van der Waals surface area contributed by atoms with Crippen LogP contribution in [0.2, 0.25) is 0 Å². The van der Waals surface area contributed by atoms with Crippen LogP contribution in [0.1, 0.15) is 39.0 Å². The number of anilines is 1. The van der Waals surface area contributed by atoms with E-state index in [0.29, 0.717) is 25.4 Å². The Morgan fingerprint density at radius 1 is 1.10 bits per heavy atom. The number of amides is 2. The molecule has 1 aromatic carbocycles. The second-order valence-corrected chi connectivity index (χ2v) is 9.69. The van der Waals surface area contributed by atoms with E-state index < -0.39 is 10.0 Å². The molecule has 0 bridgehead atoms. The normalized spacial score (nSPS) is 15.4. The van der Waals surface area contributed by atoms with E-state index in [0.717, 1.165) is 32.1 Å². The molecule has 1 aliphatic heterocycles. The van der Waals surface area contributed by atoms with Crippen LogP contribution in [0.3, 0.4) is 0 Å². The predicted octanol–water partition coefficient (Wildman–Crippen LogP) is 1.66. The van der Waals surface area contributed by atoms with Crippen molar-refractivity contribution in [3.63, 3.8) is 0 Å². The summed E-state index contributed by atoms with van der Waals surface area (Å²) in [5.41, 5.74) is 0.284. The van der Waals surface area contributed by atoms with Gasteiger partial charge in [-0.15, -0.1) is 0 Å². The van der Waals surface area contributed by atoms with Crippen LogP contribution in [0.15, 0.2) is 23.1 Å². The zero-order chi connectivity index (χ0) is 22.9. The fraction of sp³-hybridized carbons (Fsp3) is 0.619. The largest absolute Gasteiger partial charge is 0.495 e. The highest BCUT2D eigenvalue weighted by molar-refractivity contribution is 7.89. The van der Waals surface area contributed by atoms with Gasteiger partial charge in [-0.25, -0.2) is 8.42 Å². The number of hydrogen-bond donors (Lipinski definition) is 2. The number of sulfonamides is 1. The summed E-state index contributed by atoms with van der Waals surface area (Å²) in [5.74, 6) is -0.153. The first-order valence-corrected chi connectivity index (χ1v) is 12.1. The number of nitrogens with one attached hydrogen (secondary N) is 2. The van der Waals surface area contributed by atoms with Gasteiger partial charge in [0.15, 0.2) is 0 Å². The van der Waals surface area contributed by atoms with Crippen LogP contribution >= 0.6 is 0 Å². The van der Waals surface area contributed by atoms with Gasteiger partial charge in [0.1, 0.15) is 5.75 Å². The second kappa shape index (κ2) is 12.0. The minimum Gasteiger partial charge on any atom is -0.495 e. The highest BCUT2D eigenvalue weighted by Crippen LogP contribution is 2.29. The third-order valence-electron chi connectivity index (χ3n) is 5.05. The Bertz CT molecular complexity index is 851. The van der Waals surface area contributed by atoms with Gasteiger partial charge in [-0.2, -0.15) is 4.31 Å². The van der Waals surface area contributed by atoms with Crippen LogP contribution in [-0.4, -0.2) is 76.3 Å². The Kier molecular flexibility index (Phi) is 9.73. The van der Waals surface area contributed by atoms with Gasteiger partial charge < -0.3 is 15.4 Å². The molecule has 0 unspecified atom stereocenters. The summed E-state index contributed by atoms with van der Waals surface area (Å²) in [6.45, 7) is 3.63. The highest BCUT2D eigenvalue weighted by Gasteiger charge is 2.26. The minimum absolute atomic E-state index is 0.0220. The first-order chi connectivity index (χ1) is 14.8. The highest BCUT2D eigenvalue weighted by atomic mass is 32.2. The van der Waals surface area contributed by atoms with Crippen molar-refractivity contribution >= 4 is 27.5 Å². The Labute approximate surface area is 185 Å². The molecule has 1 heterocycles. The van der Waals surface area contributed by atoms with Crippen LogP contribution < -0.4 is 15.4 Å². The maximum absolute atomic E-state index is 13.1. The van der Waals surface area contributed by atoms with Crippen molar-refractivity contribution in [1.29, 1.82) is 0 Å². The van der Waals surface area contributed by atoms with Gasteiger partial charge in [-0.05, 0) is 44.5 Å². The lowest BCUT2D eigenvalue weighted by Gasteiger charge is -2.21. The molecule has 1 aromatic rings. The molecule has 1 fully saturated rings. The van der Waals surface area contributed by atoms with Gasteiger partial charge in [0.05, 0.1) is 30.8 Å². The fourth-order valence-corrected chi connectivity index (χ4v) is 4.98. The lowest BCUT2D eigenvalue weighted by atomic mass is 10.2. The molecule has 2 amide bonds. The van der Waals surface area contributed by atoms with E-state index in [9.17, 15) is 18.0 Å². The van der Waals surface area contributed by atoms with Crippen molar-refractivity contribution in [2.45, 2.75) is 43.9 Å². The Morgan fingerprint density at radius 3 is 2.35 bits per heavy atom. The quantitative estimate of drug-likeness (QED) is 0.557. The average molecular weight is 455 g/mol. The number of nitrogens with zero attached hydrogens (tertiary/aromatic N) is 2. The van der Waals surface area contributed by atoms with E-state index in [1.165, 1.54) is 23.5 Å². The van der Waals surface area contributed by atoms with E-state index >= 15 is 0 Å². The smallest absolute Gasteiger partial charge is 0.243 e. The lowest BCUT2D eigenvalue weighted by molar-refractivity contribution is -0.122. The second-order valence-electron chi connectivity index (χ2n) is 7.75. The molecule has 31 heavy (non-hydrogen) atoms. The number of methoxy groups -OCH3 is 1. The van der Waals surface area contributed by atoms with E-state index in [4.69, 9.17) is 4.74 Å². The fourth-order valence-electron chi connectivity index (χ4n) is 3.43. The third-order valence-corrected chi connectivity index (χ3v) is 6.94. The van der Waals surface area contributed by atoms with Crippen molar-refractivity contribution in [3.8, 4) is 5.75 Å². The molecular weight excluding hydrogens is 420 g/mol. The number of ether oxygens (including phenoxy) is 1. The van der Waals surface area contributed by atoms with Crippen LogP contribution in [0.25, 0.3) is 0 Å². The summed E-state index contributed by atoms with van der Waals surface area (Å²) in [6.07, 6.45) is 4.58. The molecule has 1 aliphatic rings. The summed E-state index contributed by atoms with van der Waals surface area (Å²) >= 11 is 0. The Morgan fingerprint density at radius 2 is 1.74 bits per heavy atom. The third kappa shape index (κ3) is 7.48. The SMILES string of the molecule is CCCNC(=O)CN(C)CC(=O)Nc1cc(S(=O)(=O)N2CCCCCC2)ccc1OC. The van der Waals surface area contributed by atoms with Crippen molar-refractivity contribution in [1.82, 2.24) is 14.5 Å². The number of hydrogen-bond acceptors (Lipinski definition) is 6. The molecule has 2 N–H and O–H groups in total. The summed E-state index contributed by atoms with van der Waals surface area (Å²) in [6, 6.07) is 4.48. The molecule has 2 rings (SSSR count). The van der Waals surface area contributed by atoms with Crippen molar-refractivity contribution < 1.29 is 22.7 Å². The first-order valence-electron chi connectivity index (χ1n) is 10.7. The molecule has 0 saturated carbocycles. The molecule has 174 valence electrons. The topological polar surface area (TPSA) is 108 Å². The van der Waals surface area contributed by atoms with E-state index in [2.05, 4.69) is 10.6 Å². The van der Waals surface area contributed by atoms with Gasteiger partial charge in [0, 0.05) is 19.6 Å². The van der Waals surface area contributed by atoms with Gasteiger partial charge in [0.25, 0.3) is 0 Å². The maximum atomic E-state index is 13.1. The van der Waals surface area contributed by atoms with Crippen molar-refractivity contribution in [2.24, 2.45) is 0 Å².